The van der Waals surface area contributed by atoms with Crippen molar-refractivity contribution >= 4 is 5.96 Å². The van der Waals surface area contributed by atoms with Crippen LogP contribution in [0.5, 0.6) is 0 Å². The SMILES string of the molecule is CN=C(NN)NCCC1CC1. The average Bonchev–Trinajstić information content (AvgIpc) is 2.82. The minimum Gasteiger partial charge on any atom is -0.355 e. The standard InChI is InChI=1S/C7H16N4/c1-9-7(11-8)10-5-4-6-2-3-6/h6H,2-5,8H2,1H3,(H2,9,10,11). The molecule has 4 nitrogen and oxygen atoms in total. The molecule has 4 N–H and O–H groups in total. The third kappa shape index (κ3) is 3.23. The van der Waals surface area contributed by atoms with Crippen LogP contribution in [0.2, 0.25) is 0 Å². The predicted octanol–water partition coefficient (Wildman–Crippen LogP) is -0.175. The Labute approximate surface area is 67.2 Å². The highest BCUT2D eigenvalue weighted by molar-refractivity contribution is 5.78. The molecule has 1 aliphatic carbocycles. The number of guanidine groups is 1. The molecule has 1 fully saturated rings. The van der Waals surface area contributed by atoms with Crippen LogP contribution in [-0.2, 0) is 0 Å². The summed E-state index contributed by atoms with van der Waals surface area (Å²) in [6.07, 6.45) is 4.04. The number of hydrazine groups is 1. The van der Waals surface area contributed by atoms with Gasteiger partial charge in [0.15, 0.2) is 0 Å². The summed E-state index contributed by atoms with van der Waals surface area (Å²) < 4.78 is 0. The Kier molecular flexibility index (Phi) is 3.16. The molecule has 0 aromatic heterocycles. The molecule has 1 saturated carbocycles. The maximum Gasteiger partial charge on any atom is 0.205 e. The van der Waals surface area contributed by atoms with E-state index in [0.717, 1.165) is 12.5 Å². The van der Waals surface area contributed by atoms with Crippen LogP contribution >= 0.6 is 0 Å². The van der Waals surface area contributed by atoms with Gasteiger partial charge in [0.25, 0.3) is 0 Å². The lowest BCUT2D eigenvalue weighted by Gasteiger charge is -2.06. The van der Waals surface area contributed by atoms with Crippen LogP contribution in [0.4, 0.5) is 0 Å². The molecule has 1 rings (SSSR count). The van der Waals surface area contributed by atoms with Crippen LogP contribution in [0.1, 0.15) is 19.3 Å². The van der Waals surface area contributed by atoms with E-state index in [1.807, 2.05) is 0 Å². The second kappa shape index (κ2) is 4.18. The molecule has 0 heterocycles. The molecule has 0 saturated heterocycles. The summed E-state index contributed by atoms with van der Waals surface area (Å²) in [5.41, 5.74) is 2.48. The zero-order chi connectivity index (χ0) is 8.10. The Balaban J connectivity index is 1.99. The van der Waals surface area contributed by atoms with E-state index in [4.69, 9.17) is 5.84 Å². The van der Waals surface area contributed by atoms with Crippen molar-refractivity contribution in [1.82, 2.24) is 10.7 Å². The molecule has 11 heavy (non-hydrogen) atoms. The van der Waals surface area contributed by atoms with Crippen LogP contribution in [-0.4, -0.2) is 19.6 Å². The molecule has 0 spiro atoms. The van der Waals surface area contributed by atoms with Crippen molar-refractivity contribution < 1.29 is 0 Å². The molecule has 0 radical (unpaired) electrons. The summed E-state index contributed by atoms with van der Waals surface area (Å²) in [6, 6.07) is 0. The van der Waals surface area contributed by atoms with Gasteiger partial charge in [-0.3, -0.25) is 10.4 Å². The van der Waals surface area contributed by atoms with Crippen molar-refractivity contribution in [3.8, 4) is 0 Å². The molecule has 0 aromatic carbocycles. The summed E-state index contributed by atoms with van der Waals surface area (Å²) in [5.74, 6) is 6.80. The van der Waals surface area contributed by atoms with Gasteiger partial charge >= 0.3 is 0 Å². The summed E-state index contributed by atoms with van der Waals surface area (Å²) in [5, 5.41) is 3.10. The van der Waals surface area contributed by atoms with E-state index in [1.165, 1.54) is 19.3 Å². The first-order valence-corrected chi connectivity index (χ1v) is 4.04. The largest absolute Gasteiger partial charge is 0.355 e. The quantitative estimate of drug-likeness (QED) is 0.230. The second-order valence-corrected chi connectivity index (χ2v) is 2.88. The smallest absolute Gasteiger partial charge is 0.205 e. The van der Waals surface area contributed by atoms with E-state index in [1.54, 1.807) is 7.05 Å². The molecule has 0 aromatic rings. The highest BCUT2D eigenvalue weighted by Crippen LogP contribution is 2.31. The topological polar surface area (TPSA) is 62.4 Å². The van der Waals surface area contributed by atoms with Gasteiger partial charge in [-0.25, -0.2) is 5.84 Å². The molecule has 0 bridgehead atoms. The van der Waals surface area contributed by atoms with Crippen molar-refractivity contribution in [1.29, 1.82) is 0 Å². The maximum atomic E-state index is 5.17. The van der Waals surface area contributed by atoms with Crippen LogP contribution in [0.25, 0.3) is 0 Å². The zero-order valence-corrected chi connectivity index (χ0v) is 6.93. The predicted molar refractivity (Wildman–Crippen MR) is 46.0 cm³/mol. The molecule has 64 valence electrons. The monoisotopic (exact) mass is 156 g/mol. The zero-order valence-electron chi connectivity index (χ0n) is 6.93. The van der Waals surface area contributed by atoms with Crippen molar-refractivity contribution in [3.05, 3.63) is 0 Å². The van der Waals surface area contributed by atoms with E-state index in [-0.39, 0.29) is 0 Å². The number of nitrogens with zero attached hydrogens (tertiary/aromatic N) is 1. The lowest BCUT2D eigenvalue weighted by atomic mass is 10.3. The van der Waals surface area contributed by atoms with Gasteiger partial charge in [0.2, 0.25) is 5.96 Å². The third-order valence-electron chi connectivity index (χ3n) is 1.90. The van der Waals surface area contributed by atoms with Crippen molar-refractivity contribution in [2.24, 2.45) is 16.8 Å². The summed E-state index contributed by atoms with van der Waals surface area (Å²) >= 11 is 0. The summed E-state index contributed by atoms with van der Waals surface area (Å²) in [6.45, 7) is 0.974. The fourth-order valence-electron chi connectivity index (χ4n) is 0.996. The van der Waals surface area contributed by atoms with Gasteiger partial charge in [-0.2, -0.15) is 0 Å². The molecular weight excluding hydrogens is 140 g/mol. The van der Waals surface area contributed by atoms with E-state index in [2.05, 4.69) is 15.7 Å². The van der Waals surface area contributed by atoms with E-state index in [9.17, 15) is 0 Å². The molecule has 0 unspecified atom stereocenters. The van der Waals surface area contributed by atoms with E-state index >= 15 is 0 Å². The van der Waals surface area contributed by atoms with Crippen LogP contribution < -0.4 is 16.6 Å². The molecule has 0 amide bonds. The first-order chi connectivity index (χ1) is 5.36. The maximum absolute atomic E-state index is 5.17. The van der Waals surface area contributed by atoms with Crippen molar-refractivity contribution in [2.75, 3.05) is 13.6 Å². The lowest BCUT2D eigenvalue weighted by molar-refractivity contribution is 0.688. The Morgan fingerprint density at radius 1 is 1.64 bits per heavy atom. The van der Waals surface area contributed by atoms with Crippen LogP contribution in [0.3, 0.4) is 0 Å². The minimum absolute atomic E-state index is 0.672. The Bertz CT molecular complexity index is 139. The molecular formula is C7H16N4. The first kappa shape index (κ1) is 8.33. The van der Waals surface area contributed by atoms with E-state index < -0.39 is 0 Å². The Morgan fingerprint density at radius 3 is 2.82 bits per heavy atom. The highest BCUT2D eigenvalue weighted by Gasteiger charge is 2.20. The second-order valence-electron chi connectivity index (χ2n) is 2.88. The number of nitrogens with two attached hydrogens (primary N) is 1. The fraction of sp³-hybridized carbons (Fsp3) is 0.857. The van der Waals surface area contributed by atoms with Crippen LogP contribution in [0.15, 0.2) is 4.99 Å². The molecule has 0 atom stereocenters. The Hall–Kier alpha value is -0.770. The van der Waals surface area contributed by atoms with Gasteiger partial charge in [0.05, 0.1) is 0 Å². The van der Waals surface area contributed by atoms with Crippen molar-refractivity contribution in [3.63, 3.8) is 0 Å². The highest BCUT2D eigenvalue weighted by atomic mass is 15.3. The van der Waals surface area contributed by atoms with Crippen LogP contribution in [0, 0.1) is 5.92 Å². The first-order valence-electron chi connectivity index (χ1n) is 4.04. The number of nitrogens with one attached hydrogen (secondary N) is 2. The van der Waals surface area contributed by atoms with Gasteiger partial charge in [0.1, 0.15) is 0 Å². The third-order valence-corrected chi connectivity index (χ3v) is 1.90. The van der Waals surface area contributed by atoms with E-state index in [0.29, 0.717) is 5.96 Å². The molecule has 1 aliphatic rings. The Morgan fingerprint density at radius 2 is 2.36 bits per heavy atom. The number of hydrogen-bond donors (Lipinski definition) is 3. The normalized spacial score (nSPS) is 18.2. The van der Waals surface area contributed by atoms with Gasteiger partial charge < -0.3 is 5.32 Å². The summed E-state index contributed by atoms with van der Waals surface area (Å²) in [4.78, 5) is 3.89. The minimum atomic E-state index is 0.672. The molecule has 4 heteroatoms. The number of rotatable bonds is 3. The number of hydrogen-bond acceptors (Lipinski definition) is 2. The van der Waals surface area contributed by atoms with Gasteiger partial charge in [0, 0.05) is 13.6 Å². The van der Waals surface area contributed by atoms with Crippen molar-refractivity contribution in [2.45, 2.75) is 19.3 Å². The number of aliphatic imine (C=N–C) groups is 1. The lowest BCUT2D eigenvalue weighted by Crippen LogP contribution is -2.41. The average molecular weight is 156 g/mol. The summed E-state index contributed by atoms with van der Waals surface area (Å²) in [7, 11) is 1.71. The fourth-order valence-corrected chi connectivity index (χ4v) is 0.996. The van der Waals surface area contributed by atoms with Gasteiger partial charge in [-0.05, 0) is 12.3 Å². The van der Waals surface area contributed by atoms with Gasteiger partial charge in [-0.15, -0.1) is 0 Å². The van der Waals surface area contributed by atoms with Gasteiger partial charge in [-0.1, -0.05) is 12.8 Å². The molecule has 0 aliphatic heterocycles.